The quantitative estimate of drug-likeness (QED) is 0.768. The first-order chi connectivity index (χ1) is 9.96. The van der Waals surface area contributed by atoms with E-state index >= 15 is 0 Å². The molecule has 0 spiro atoms. The minimum Gasteiger partial charge on any atom is -0.497 e. The molecule has 21 heavy (non-hydrogen) atoms. The van der Waals surface area contributed by atoms with Crippen molar-refractivity contribution in [1.29, 1.82) is 0 Å². The fraction of sp³-hybridized carbons (Fsp3) is 0.562. The molecule has 1 atom stereocenters. The maximum atomic E-state index is 11.7. The summed E-state index contributed by atoms with van der Waals surface area (Å²) >= 11 is 0. The Morgan fingerprint density at radius 2 is 2.10 bits per heavy atom. The molecule has 1 amide bonds. The summed E-state index contributed by atoms with van der Waals surface area (Å²) in [7, 11) is 1.60. The van der Waals surface area contributed by atoms with Gasteiger partial charge in [0.1, 0.15) is 11.5 Å². The number of carbonyl (C=O) groups excluding carboxylic acids is 1. The lowest BCUT2D eigenvalue weighted by atomic mass is 10.0. The summed E-state index contributed by atoms with van der Waals surface area (Å²) in [4.78, 5) is 11.7. The van der Waals surface area contributed by atoms with E-state index in [1.807, 2.05) is 32.9 Å². The van der Waals surface area contributed by atoms with Crippen LogP contribution in [0.1, 0.15) is 32.8 Å². The zero-order chi connectivity index (χ0) is 15.8. The van der Waals surface area contributed by atoms with Crippen LogP contribution in [0.5, 0.6) is 11.5 Å². The molecule has 1 unspecified atom stereocenters. The summed E-state index contributed by atoms with van der Waals surface area (Å²) in [6.45, 7) is 5.86. The number of methoxy groups -OCH3 is 1. The maximum absolute atomic E-state index is 11.7. The van der Waals surface area contributed by atoms with Gasteiger partial charge < -0.3 is 20.5 Å². The Morgan fingerprint density at radius 1 is 1.38 bits per heavy atom. The first kappa shape index (κ1) is 17.3. The molecule has 118 valence electrons. The van der Waals surface area contributed by atoms with E-state index in [-0.39, 0.29) is 24.6 Å². The zero-order valence-electron chi connectivity index (χ0n) is 13.3. The molecule has 0 heterocycles. The topological polar surface area (TPSA) is 73.6 Å². The molecule has 0 aliphatic rings. The van der Waals surface area contributed by atoms with Crippen LogP contribution >= 0.6 is 0 Å². The second kappa shape index (κ2) is 8.52. The molecule has 0 aromatic heterocycles. The number of nitrogens with one attached hydrogen (secondary N) is 1. The predicted octanol–water partition coefficient (Wildman–Crippen LogP) is 1.88. The number of hydrogen-bond acceptors (Lipinski definition) is 4. The average Bonchev–Trinajstić information content (AvgIpc) is 2.45. The molecule has 3 N–H and O–H groups in total. The Bertz CT molecular complexity index is 461. The van der Waals surface area contributed by atoms with Crippen LogP contribution in [0.25, 0.3) is 0 Å². The van der Waals surface area contributed by atoms with E-state index in [0.717, 1.165) is 12.0 Å². The van der Waals surface area contributed by atoms with Crippen molar-refractivity contribution in [3.8, 4) is 11.5 Å². The van der Waals surface area contributed by atoms with E-state index in [2.05, 4.69) is 5.32 Å². The molecule has 0 fully saturated rings. The monoisotopic (exact) mass is 294 g/mol. The van der Waals surface area contributed by atoms with Gasteiger partial charge in [-0.2, -0.15) is 0 Å². The van der Waals surface area contributed by atoms with Crippen molar-refractivity contribution in [2.24, 2.45) is 5.73 Å². The summed E-state index contributed by atoms with van der Waals surface area (Å²) in [5.74, 6) is 1.21. The highest BCUT2D eigenvalue weighted by molar-refractivity contribution is 5.77. The highest BCUT2D eigenvalue weighted by Crippen LogP contribution is 2.26. The Morgan fingerprint density at radius 3 is 2.67 bits per heavy atom. The van der Waals surface area contributed by atoms with Crippen LogP contribution in [0.3, 0.4) is 0 Å². The van der Waals surface area contributed by atoms with Crippen LogP contribution in [-0.4, -0.2) is 31.7 Å². The second-order valence-corrected chi connectivity index (χ2v) is 5.36. The highest BCUT2D eigenvalue weighted by atomic mass is 16.5. The Labute approximate surface area is 126 Å². The number of amides is 1. The molecule has 1 aromatic rings. The van der Waals surface area contributed by atoms with Crippen molar-refractivity contribution in [2.75, 3.05) is 13.7 Å². The van der Waals surface area contributed by atoms with Crippen molar-refractivity contribution in [3.05, 3.63) is 23.8 Å². The van der Waals surface area contributed by atoms with E-state index < -0.39 is 0 Å². The number of rotatable bonds is 8. The van der Waals surface area contributed by atoms with E-state index in [9.17, 15) is 4.79 Å². The third-order valence-electron chi connectivity index (χ3n) is 3.09. The molecule has 5 heteroatoms. The first-order valence-corrected chi connectivity index (χ1v) is 7.30. The SMILES string of the molecule is CCC(N)Cc1ccc(OC)cc1OCC(=O)NC(C)C. The van der Waals surface area contributed by atoms with E-state index in [0.29, 0.717) is 17.9 Å². The van der Waals surface area contributed by atoms with Gasteiger partial charge in [0, 0.05) is 18.2 Å². The smallest absolute Gasteiger partial charge is 0.258 e. The van der Waals surface area contributed by atoms with Gasteiger partial charge in [-0.05, 0) is 38.3 Å². The number of hydrogen-bond donors (Lipinski definition) is 2. The van der Waals surface area contributed by atoms with Gasteiger partial charge in [0.2, 0.25) is 0 Å². The summed E-state index contributed by atoms with van der Waals surface area (Å²) in [6.07, 6.45) is 1.60. The number of carbonyl (C=O) groups is 1. The third-order valence-corrected chi connectivity index (χ3v) is 3.09. The lowest BCUT2D eigenvalue weighted by Gasteiger charge is -2.16. The van der Waals surface area contributed by atoms with Crippen molar-refractivity contribution in [1.82, 2.24) is 5.32 Å². The molecule has 5 nitrogen and oxygen atoms in total. The molecule has 0 aliphatic heterocycles. The minimum atomic E-state index is -0.140. The van der Waals surface area contributed by atoms with Crippen LogP contribution in [0, 0.1) is 0 Å². The van der Waals surface area contributed by atoms with Crippen molar-refractivity contribution in [2.45, 2.75) is 45.7 Å². The minimum absolute atomic E-state index is 0.0142. The Balaban J connectivity index is 2.78. The van der Waals surface area contributed by atoms with Gasteiger partial charge in [-0.3, -0.25) is 4.79 Å². The Hall–Kier alpha value is -1.75. The molecule has 0 saturated carbocycles. The van der Waals surface area contributed by atoms with Gasteiger partial charge in [0.25, 0.3) is 5.91 Å². The molecular weight excluding hydrogens is 268 g/mol. The van der Waals surface area contributed by atoms with Crippen LogP contribution in [0.4, 0.5) is 0 Å². The first-order valence-electron chi connectivity index (χ1n) is 7.30. The average molecular weight is 294 g/mol. The normalized spacial score (nSPS) is 12.1. The summed E-state index contributed by atoms with van der Waals surface area (Å²) < 4.78 is 10.8. The summed E-state index contributed by atoms with van der Waals surface area (Å²) in [5.41, 5.74) is 6.99. The molecule has 1 rings (SSSR count). The van der Waals surface area contributed by atoms with Gasteiger partial charge in [0.15, 0.2) is 6.61 Å². The summed E-state index contributed by atoms with van der Waals surface area (Å²) in [6, 6.07) is 5.77. The van der Waals surface area contributed by atoms with Crippen LogP contribution in [-0.2, 0) is 11.2 Å². The van der Waals surface area contributed by atoms with Gasteiger partial charge in [-0.25, -0.2) is 0 Å². The van der Waals surface area contributed by atoms with Crippen LogP contribution < -0.4 is 20.5 Å². The molecule has 0 aliphatic carbocycles. The molecule has 0 saturated heterocycles. The predicted molar refractivity (Wildman–Crippen MR) is 83.7 cm³/mol. The maximum Gasteiger partial charge on any atom is 0.258 e. The molecule has 0 bridgehead atoms. The molecular formula is C16H26N2O3. The Kier molecular flexibility index (Phi) is 7.02. The van der Waals surface area contributed by atoms with Crippen molar-refractivity contribution in [3.63, 3.8) is 0 Å². The number of ether oxygens (including phenoxy) is 2. The van der Waals surface area contributed by atoms with Gasteiger partial charge >= 0.3 is 0 Å². The number of benzene rings is 1. The second-order valence-electron chi connectivity index (χ2n) is 5.36. The zero-order valence-corrected chi connectivity index (χ0v) is 13.3. The largest absolute Gasteiger partial charge is 0.497 e. The van der Waals surface area contributed by atoms with Crippen LogP contribution in [0.2, 0.25) is 0 Å². The lowest BCUT2D eigenvalue weighted by molar-refractivity contribution is -0.123. The van der Waals surface area contributed by atoms with Crippen LogP contribution in [0.15, 0.2) is 18.2 Å². The fourth-order valence-corrected chi connectivity index (χ4v) is 1.90. The highest BCUT2D eigenvalue weighted by Gasteiger charge is 2.11. The van der Waals surface area contributed by atoms with Crippen molar-refractivity contribution < 1.29 is 14.3 Å². The van der Waals surface area contributed by atoms with Crippen molar-refractivity contribution >= 4 is 5.91 Å². The van der Waals surface area contributed by atoms with E-state index in [4.69, 9.17) is 15.2 Å². The standard InChI is InChI=1S/C16H26N2O3/c1-5-13(17)8-12-6-7-14(20-4)9-15(12)21-10-16(19)18-11(2)3/h6-7,9,11,13H,5,8,10,17H2,1-4H3,(H,18,19). The van der Waals surface area contributed by atoms with Gasteiger partial charge in [0.05, 0.1) is 7.11 Å². The lowest BCUT2D eigenvalue weighted by Crippen LogP contribution is -2.34. The third kappa shape index (κ3) is 6.04. The molecule has 0 radical (unpaired) electrons. The number of nitrogens with two attached hydrogens (primary N) is 1. The van der Waals surface area contributed by atoms with E-state index in [1.54, 1.807) is 13.2 Å². The molecule has 1 aromatic carbocycles. The van der Waals surface area contributed by atoms with E-state index in [1.165, 1.54) is 0 Å². The fourth-order valence-electron chi connectivity index (χ4n) is 1.90. The van der Waals surface area contributed by atoms with Gasteiger partial charge in [-0.1, -0.05) is 13.0 Å². The van der Waals surface area contributed by atoms with Gasteiger partial charge in [-0.15, -0.1) is 0 Å². The summed E-state index contributed by atoms with van der Waals surface area (Å²) in [5, 5.41) is 2.79.